The second kappa shape index (κ2) is 6.79. The number of hydrogen-bond acceptors (Lipinski definition) is 3. The average molecular weight is 260 g/mol. The summed E-state index contributed by atoms with van der Waals surface area (Å²) in [6.07, 6.45) is 0.994. The van der Waals surface area contributed by atoms with Gasteiger partial charge in [0, 0.05) is 11.8 Å². The van der Waals surface area contributed by atoms with Gasteiger partial charge in [0.15, 0.2) is 0 Å². The molecule has 0 saturated carbocycles. The molecule has 0 aliphatic carbocycles. The molecule has 1 rings (SSSR count). The van der Waals surface area contributed by atoms with Crippen molar-refractivity contribution < 1.29 is 9.53 Å². The number of nitrogens with zero attached hydrogens (tertiary/aromatic N) is 1. The first-order valence-electron chi connectivity index (χ1n) is 6.57. The zero-order chi connectivity index (χ0) is 14.3. The van der Waals surface area contributed by atoms with Crippen molar-refractivity contribution in [3.8, 4) is 11.8 Å². The van der Waals surface area contributed by atoms with Crippen LogP contribution in [0.1, 0.15) is 33.6 Å². The van der Waals surface area contributed by atoms with E-state index in [4.69, 9.17) is 4.74 Å². The maximum absolute atomic E-state index is 12.2. The van der Waals surface area contributed by atoms with Gasteiger partial charge in [0.25, 0.3) is 0 Å². The van der Waals surface area contributed by atoms with Gasteiger partial charge in [-0.15, -0.1) is 0 Å². The molecule has 0 atom stereocenters. The molecule has 1 aromatic rings. The highest BCUT2D eigenvalue weighted by Crippen LogP contribution is 2.28. The van der Waals surface area contributed by atoms with Crippen LogP contribution in [0.15, 0.2) is 24.3 Å². The van der Waals surface area contributed by atoms with E-state index >= 15 is 0 Å². The van der Waals surface area contributed by atoms with Crippen molar-refractivity contribution in [2.75, 3.05) is 11.9 Å². The summed E-state index contributed by atoms with van der Waals surface area (Å²) in [4.78, 5) is 12.2. The Balaban J connectivity index is 2.87. The number of nitrogens with one attached hydrogen (secondary N) is 1. The number of carbonyl (C=O) groups excluding carboxylic acids is 1. The fraction of sp³-hybridized carbons (Fsp3) is 0.467. The summed E-state index contributed by atoms with van der Waals surface area (Å²) in [5.41, 5.74) is -0.306. The van der Waals surface area contributed by atoms with Gasteiger partial charge in [-0.25, -0.2) is 0 Å². The first-order chi connectivity index (χ1) is 9.11. The summed E-state index contributed by atoms with van der Waals surface area (Å²) in [5.74, 6) is 0.449. The molecule has 1 amide bonds. The van der Waals surface area contributed by atoms with E-state index in [1.165, 1.54) is 0 Å². The lowest BCUT2D eigenvalue weighted by Gasteiger charge is -2.22. The Bertz CT molecular complexity index is 473. The minimum absolute atomic E-state index is 0.256. The number of ether oxygens (including phenoxy) is 1. The van der Waals surface area contributed by atoms with Crippen molar-refractivity contribution in [3.05, 3.63) is 24.3 Å². The standard InChI is InChI=1S/C15H20N2O2/c1-4-15(5-2,11-16)14(18)17-12-8-7-9-13(10-12)19-6-3/h7-10H,4-6H2,1-3H3,(H,17,18). The van der Waals surface area contributed by atoms with E-state index < -0.39 is 5.41 Å². The summed E-state index contributed by atoms with van der Waals surface area (Å²) in [6.45, 7) is 6.18. The van der Waals surface area contributed by atoms with E-state index in [9.17, 15) is 10.1 Å². The Morgan fingerprint density at radius 2 is 2.05 bits per heavy atom. The van der Waals surface area contributed by atoms with Crippen molar-refractivity contribution in [1.82, 2.24) is 0 Å². The van der Waals surface area contributed by atoms with Gasteiger partial charge in [0.05, 0.1) is 12.7 Å². The summed E-state index contributed by atoms with van der Waals surface area (Å²) in [6, 6.07) is 9.32. The average Bonchev–Trinajstić information content (AvgIpc) is 2.42. The highest BCUT2D eigenvalue weighted by Gasteiger charge is 2.34. The Morgan fingerprint density at radius 1 is 1.37 bits per heavy atom. The van der Waals surface area contributed by atoms with Crippen LogP contribution in [0.5, 0.6) is 5.75 Å². The summed E-state index contributed by atoms with van der Waals surface area (Å²) in [5, 5.41) is 12.0. The Hall–Kier alpha value is -2.02. The molecule has 0 heterocycles. The lowest BCUT2D eigenvalue weighted by Crippen LogP contribution is -2.33. The number of nitriles is 1. The number of amides is 1. The predicted molar refractivity (Wildman–Crippen MR) is 74.9 cm³/mol. The molecule has 0 spiro atoms. The Morgan fingerprint density at radius 3 is 2.58 bits per heavy atom. The van der Waals surface area contributed by atoms with Crippen LogP contribution in [-0.4, -0.2) is 12.5 Å². The molecule has 0 radical (unpaired) electrons. The van der Waals surface area contributed by atoms with Gasteiger partial charge in [0.2, 0.25) is 5.91 Å². The normalized spacial score (nSPS) is 10.6. The second-order valence-corrected chi connectivity index (χ2v) is 4.32. The zero-order valence-electron chi connectivity index (χ0n) is 11.7. The van der Waals surface area contributed by atoms with Crippen molar-refractivity contribution in [2.45, 2.75) is 33.6 Å². The molecule has 0 fully saturated rings. The maximum atomic E-state index is 12.2. The van der Waals surface area contributed by atoms with Crippen molar-refractivity contribution in [2.24, 2.45) is 5.41 Å². The molecule has 19 heavy (non-hydrogen) atoms. The lowest BCUT2D eigenvalue weighted by molar-refractivity contribution is -0.123. The molecular weight excluding hydrogens is 240 g/mol. The molecular formula is C15H20N2O2. The van der Waals surface area contributed by atoms with Crippen LogP contribution in [0.2, 0.25) is 0 Å². The van der Waals surface area contributed by atoms with Crippen LogP contribution in [0.4, 0.5) is 5.69 Å². The maximum Gasteiger partial charge on any atom is 0.244 e. The number of carbonyl (C=O) groups is 1. The van der Waals surface area contributed by atoms with Gasteiger partial charge < -0.3 is 10.1 Å². The number of hydrogen-bond donors (Lipinski definition) is 1. The van der Waals surface area contributed by atoms with Crippen LogP contribution in [-0.2, 0) is 4.79 Å². The summed E-state index contributed by atoms with van der Waals surface area (Å²) >= 11 is 0. The van der Waals surface area contributed by atoms with Crippen LogP contribution in [0, 0.1) is 16.7 Å². The van der Waals surface area contributed by atoms with E-state index in [2.05, 4.69) is 11.4 Å². The second-order valence-electron chi connectivity index (χ2n) is 4.32. The first-order valence-corrected chi connectivity index (χ1v) is 6.57. The van der Waals surface area contributed by atoms with Gasteiger partial charge in [0.1, 0.15) is 11.2 Å². The SMILES string of the molecule is CCOc1cccc(NC(=O)C(C#N)(CC)CC)c1. The molecule has 0 aromatic heterocycles. The molecule has 0 bridgehead atoms. The van der Waals surface area contributed by atoms with Gasteiger partial charge >= 0.3 is 0 Å². The van der Waals surface area contributed by atoms with Gasteiger partial charge in [-0.05, 0) is 31.9 Å². The van der Waals surface area contributed by atoms with E-state index in [-0.39, 0.29) is 5.91 Å². The molecule has 0 unspecified atom stereocenters. The fourth-order valence-electron chi connectivity index (χ4n) is 1.86. The monoisotopic (exact) mass is 260 g/mol. The molecule has 102 valence electrons. The molecule has 0 aliphatic heterocycles. The van der Waals surface area contributed by atoms with Crippen LogP contribution < -0.4 is 10.1 Å². The van der Waals surface area contributed by atoms with Gasteiger partial charge in [-0.2, -0.15) is 5.26 Å². The van der Waals surface area contributed by atoms with E-state index in [0.29, 0.717) is 30.9 Å². The number of anilines is 1. The summed E-state index contributed by atoms with van der Waals surface area (Å²) < 4.78 is 5.38. The molecule has 0 saturated heterocycles. The molecule has 0 aliphatic rings. The highest BCUT2D eigenvalue weighted by molar-refractivity contribution is 5.97. The minimum Gasteiger partial charge on any atom is -0.494 e. The number of rotatable bonds is 6. The van der Waals surface area contributed by atoms with E-state index in [1.54, 1.807) is 12.1 Å². The van der Waals surface area contributed by atoms with Crippen molar-refractivity contribution >= 4 is 11.6 Å². The minimum atomic E-state index is -0.957. The first kappa shape index (κ1) is 15.0. The quantitative estimate of drug-likeness (QED) is 0.853. The molecule has 4 nitrogen and oxygen atoms in total. The van der Waals surface area contributed by atoms with Gasteiger partial charge in [-0.3, -0.25) is 4.79 Å². The van der Waals surface area contributed by atoms with Crippen molar-refractivity contribution in [1.29, 1.82) is 5.26 Å². The van der Waals surface area contributed by atoms with Crippen molar-refractivity contribution in [3.63, 3.8) is 0 Å². The van der Waals surface area contributed by atoms with Gasteiger partial charge in [-0.1, -0.05) is 19.9 Å². The van der Waals surface area contributed by atoms with Crippen LogP contribution in [0.25, 0.3) is 0 Å². The molecule has 4 heteroatoms. The Kier molecular flexibility index (Phi) is 5.37. The topological polar surface area (TPSA) is 62.1 Å². The third kappa shape index (κ3) is 3.47. The number of benzene rings is 1. The largest absolute Gasteiger partial charge is 0.494 e. The smallest absolute Gasteiger partial charge is 0.244 e. The highest BCUT2D eigenvalue weighted by atomic mass is 16.5. The molecule has 1 aromatic carbocycles. The third-order valence-electron chi connectivity index (χ3n) is 3.26. The predicted octanol–water partition coefficient (Wildman–Crippen LogP) is 3.35. The lowest BCUT2D eigenvalue weighted by atomic mass is 9.83. The van der Waals surface area contributed by atoms with Crippen LogP contribution >= 0.6 is 0 Å². The van der Waals surface area contributed by atoms with E-state index in [1.807, 2.05) is 32.9 Å². The fourth-order valence-corrected chi connectivity index (χ4v) is 1.86. The molecule has 1 N–H and O–H groups in total. The van der Waals surface area contributed by atoms with E-state index in [0.717, 1.165) is 0 Å². The summed E-state index contributed by atoms with van der Waals surface area (Å²) in [7, 11) is 0. The Labute approximate surface area is 114 Å². The third-order valence-corrected chi connectivity index (χ3v) is 3.26. The van der Waals surface area contributed by atoms with Crippen LogP contribution in [0.3, 0.4) is 0 Å². The zero-order valence-corrected chi connectivity index (χ0v) is 11.7.